The van der Waals surface area contributed by atoms with Gasteiger partial charge >= 0.3 is 0 Å². The van der Waals surface area contributed by atoms with E-state index < -0.39 is 15.9 Å². The Morgan fingerprint density at radius 2 is 1.76 bits per heavy atom. The maximum atomic E-state index is 12.0. The van der Waals surface area contributed by atoms with Gasteiger partial charge in [-0.15, -0.1) is 0 Å². The molecule has 1 aromatic rings. The van der Waals surface area contributed by atoms with E-state index in [-0.39, 0.29) is 4.90 Å². The van der Waals surface area contributed by atoms with Crippen LogP contribution in [0.5, 0.6) is 0 Å². The van der Waals surface area contributed by atoms with Crippen molar-refractivity contribution in [1.29, 1.82) is 0 Å². The van der Waals surface area contributed by atoms with Crippen LogP contribution >= 0.6 is 0 Å². The summed E-state index contributed by atoms with van der Waals surface area (Å²) < 4.78 is 24.8. The Bertz CT molecular complexity index is 529. The summed E-state index contributed by atoms with van der Waals surface area (Å²) in [5.41, 5.74) is 0.964. The molecule has 0 aliphatic carbocycles. The zero-order chi connectivity index (χ0) is 13.1. The lowest BCUT2D eigenvalue weighted by Crippen LogP contribution is -2.31. The predicted molar refractivity (Wildman–Crippen MR) is 65.9 cm³/mol. The van der Waals surface area contributed by atoms with Crippen molar-refractivity contribution in [2.45, 2.75) is 18.7 Å². The molecule has 1 rings (SSSR count). The zero-order valence-corrected chi connectivity index (χ0v) is 10.9. The van der Waals surface area contributed by atoms with Crippen LogP contribution in [-0.2, 0) is 14.8 Å². The predicted octanol–water partition coefficient (Wildman–Crippen LogP) is 1.72. The molecule has 0 aliphatic rings. The van der Waals surface area contributed by atoms with Crippen molar-refractivity contribution in [1.82, 2.24) is 4.31 Å². The van der Waals surface area contributed by atoms with Crippen LogP contribution in [0.25, 0.3) is 0 Å². The number of rotatable bonds is 3. The molecule has 4 nitrogen and oxygen atoms in total. The van der Waals surface area contributed by atoms with E-state index >= 15 is 0 Å². The Kier molecular flexibility index (Phi) is 4.07. The fourth-order valence-corrected chi connectivity index (χ4v) is 2.33. The van der Waals surface area contributed by atoms with Crippen LogP contribution in [-0.4, -0.2) is 25.7 Å². The van der Waals surface area contributed by atoms with Crippen LogP contribution in [0.4, 0.5) is 0 Å². The molecular formula is C12H15NO3S. The van der Waals surface area contributed by atoms with E-state index in [1.54, 1.807) is 19.1 Å². The molecule has 17 heavy (non-hydrogen) atoms. The minimum atomic E-state index is -3.74. The summed E-state index contributed by atoms with van der Waals surface area (Å²) in [6, 6.07) is 6.37. The number of amides is 1. The largest absolute Gasteiger partial charge is 0.269 e. The highest BCUT2D eigenvalue weighted by molar-refractivity contribution is 7.89. The lowest BCUT2D eigenvalue weighted by atomic mass is 10.2. The van der Waals surface area contributed by atoms with E-state index in [2.05, 4.69) is 0 Å². The number of likely N-dealkylation sites (N-methyl/N-ethyl adjacent to an activating group) is 1. The Balaban J connectivity index is 3.11. The number of hydrogen-bond donors (Lipinski definition) is 0. The normalized spacial score (nSPS) is 11.7. The third-order valence-electron chi connectivity index (χ3n) is 2.30. The smallest absolute Gasteiger partial charge is 0.266 e. The summed E-state index contributed by atoms with van der Waals surface area (Å²) in [5, 5.41) is 0. The Morgan fingerprint density at radius 3 is 2.24 bits per heavy atom. The molecule has 0 saturated carbocycles. The van der Waals surface area contributed by atoms with Gasteiger partial charge in [0.1, 0.15) is 0 Å². The second-order valence-electron chi connectivity index (χ2n) is 3.62. The van der Waals surface area contributed by atoms with Gasteiger partial charge in [-0.05, 0) is 32.1 Å². The van der Waals surface area contributed by atoms with Gasteiger partial charge in [0.05, 0.1) is 4.90 Å². The third-order valence-corrected chi connectivity index (χ3v) is 4.07. The van der Waals surface area contributed by atoms with Gasteiger partial charge in [0, 0.05) is 7.05 Å². The lowest BCUT2D eigenvalue weighted by Gasteiger charge is -2.15. The van der Waals surface area contributed by atoms with Crippen LogP contribution < -0.4 is 0 Å². The molecule has 0 fully saturated rings. The van der Waals surface area contributed by atoms with Gasteiger partial charge in [0.25, 0.3) is 15.9 Å². The molecular weight excluding hydrogens is 238 g/mol. The van der Waals surface area contributed by atoms with Gasteiger partial charge in [-0.1, -0.05) is 23.8 Å². The standard InChI is InChI=1S/C12H15NO3S/c1-4-5-12(14)13(3)17(15,16)11-8-6-10(2)7-9-11/h4-9H,1-3H3/b5-4+. The first-order valence-corrected chi connectivity index (χ1v) is 6.56. The second-order valence-corrected chi connectivity index (χ2v) is 5.59. The Labute approximate surface area is 102 Å². The van der Waals surface area contributed by atoms with Crippen LogP contribution in [0.2, 0.25) is 0 Å². The first-order chi connectivity index (χ1) is 7.89. The second kappa shape index (κ2) is 5.14. The van der Waals surface area contributed by atoms with Gasteiger partial charge in [0.2, 0.25) is 0 Å². The highest BCUT2D eigenvalue weighted by Gasteiger charge is 2.23. The molecule has 92 valence electrons. The van der Waals surface area contributed by atoms with Gasteiger partial charge in [-0.25, -0.2) is 12.7 Å². The van der Waals surface area contributed by atoms with E-state index in [9.17, 15) is 13.2 Å². The Hall–Kier alpha value is -1.62. The lowest BCUT2D eigenvalue weighted by molar-refractivity contribution is -0.120. The van der Waals surface area contributed by atoms with Gasteiger partial charge in [0.15, 0.2) is 0 Å². The average molecular weight is 253 g/mol. The number of aryl methyl sites for hydroxylation is 1. The van der Waals surface area contributed by atoms with Crippen LogP contribution in [0.1, 0.15) is 12.5 Å². The summed E-state index contributed by atoms with van der Waals surface area (Å²) in [6.45, 7) is 3.52. The molecule has 0 heterocycles. The number of hydrogen-bond acceptors (Lipinski definition) is 3. The van der Waals surface area contributed by atoms with Crippen molar-refractivity contribution >= 4 is 15.9 Å². The number of carbonyl (C=O) groups excluding carboxylic acids is 1. The molecule has 1 aromatic carbocycles. The van der Waals surface area contributed by atoms with Gasteiger partial charge in [-0.3, -0.25) is 4.79 Å². The minimum absolute atomic E-state index is 0.114. The fraction of sp³-hybridized carbons (Fsp3) is 0.250. The van der Waals surface area contributed by atoms with Crippen molar-refractivity contribution in [2.24, 2.45) is 0 Å². The van der Waals surface area contributed by atoms with Crippen molar-refractivity contribution in [3.8, 4) is 0 Å². The maximum absolute atomic E-state index is 12.0. The third kappa shape index (κ3) is 2.94. The van der Waals surface area contributed by atoms with Crippen molar-refractivity contribution in [3.63, 3.8) is 0 Å². The first kappa shape index (κ1) is 13.4. The zero-order valence-electron chi connectivity index (χ0n) is 10.0. The van der Waals surface area contributed by atoms with Crippen LogP contribution in [0.3, 0.4) is 0 Å². The van der Waals surface area contributed by atoms with Crippen LogP contribution in [0.15, 0.2) is 41.3 Å². The molecule has 0 radical (unpaired) electrons. The average Bonchev–Trinajstić information content (AvgIpc) is 2.29. The van der Waals surface area contributed by atoms with Gasteiger partial charge in [-0.2, -0.15) is 0 Å². The summed E-state index contributed by atoms with van der Waals surface area (Å²) in [5.74, 6) is -0.562. The molecule has 5 heteroatoms. The first-order valence-electron chi connectivity index (χ1n) is 5.12. The summed E-state index contributed by atoms with van der Waals surface area (Å²) in [7, 11) is -2.50. The maximum Gasteiger partial charge on any atom is 0.266 e. The molecule has 0 saturated heterocycles. The molecule has 0 aromatic heterocycles. The SMILES string of the molecule is C/C=C/C(=O)N(C)S(=O)(=O)c1ccc(C)cc1. The minimum Gasteiger partial charge on any atom is -0.269 e. The molecule has 0 aliphatic heterocycles. The van der Waals surface area contributed by atoms with Crippen molar-refractivity contribution in [3.05, 3.63) is 42.0 Å². The van der Waals surface area contributed by atoms with E-state index in [1.165, 1.54) is 31.3 Å². The highest BCUT2D eigenvalue weighted by atomic mass is 32.2. The van der Waals surface area contributed by atoms with Crippen molar-refractivity contribution in [2.75, 3.05) is 7.05 Å². The molecule has 1 amide bonds. The molecule has 0 bridgehead atoms. The summed E-state index contributed by atoms with van der Waals surface area (Å²) in [4.78, 5) is 11.6. The van der Waals surface area contributed by atoms with E-state index in [0.29, 0.717) is 0 Å². The number of nitrogens with zero attached hydrogens (tertiary/aromatic N) is 1. The summed E-state index contributed by atoms with van der Waals surface area (Å²) in [6.07, 6.45) is 2.72. The molecule has 0 N–H and O–H groups in total. The molecule has 0 atom stereocenters. The van der Waals surface area contributed by atoms with Crippen LogP contribution in [0, 0.1) is 6.92 Å². The monoisotopic (exact) mass is 253 g/mol. The number of carbonyl (C=O) groups is 1. The van der Waals surface area contributed by atoms with Gasteiger partial charge < -0.3 is 0 Å². The van der Waals surface area contributed by atoms with E-state index in [1.807, 2.05) is 6.92 Å². The highest BCUT2D eigenvalue weighted by Crippen LogP contribution is 2.15. The van der Waals surface area contributed by atoms with E-state index in [0.717, 1.165) is 9.87 Å². The topological polar surface area (TPSA) is 54.5 Å². The molecule has 0 unspecified atom stereocenters. The quantitative estimate of drug-likeness (QED) is 0.771. The number of benzene rings is 1. The number of allylic oxidation sites excluding steroid dienone is 1. The fourth-order valence-electron chi connectivity index (χ4n) is 1.23. The molecule has 0 spiro atoms. The van der Waals surface area contributed by atoms with Crippen molar-refractivity contribution < 1.29 is 13.2 Å². The number of sulfonamides is 1. The Morgan fingerprint density at radius 1 is 1.24 bits per heavy atom. The summed E-state index contributed by atoms with van der Waals surface area (Å²) >= 11 is 0. The van der Waals surface area contributed by atoms with E-state index in [4.69, 9.17) is 0 Å².